The topological polar surface area (TPSA) is 73.0 Å². The average Bonchev–Trinajstić information content (AvgIpc) is 3.77. The van der Waals surface area contributed by atoms with Crippen LogP contribution in [0.2, 0.25) is 0 Å². The lowest BCUT2D eigenvalue weighted by atomic mass is 10.1. The first kappa shape index (κ1) is 30.1. The molecule has 11 heteroatoms. The molecule has 1 aliphatic carbocycles. The van der Waals surface area contributed by atoms with Crippen molar-refractivity contribution in [1.29, 1.82) is 0 Å². The molecule has 2 N–H and O–H groups in total. The normalized spacial score (nSPS) is 16.4. The van der Waals surface area contributed by atoms with Crippen LogP contribution in [0.5, 0.6) is 0 Å². The Balaban J connectivity index is 1.39. The lowest BCUT2D eigenvalue weighted by molar-refractivity contribution is -0.137. The van der Waals surface area contributed by atoms with Gasteiger partial charge in [-0.3, -0.25) is 0 Å². The first-order chi connectivity index (χ1) is 19.2. The van der Waals surface area contributed by atoms with E-state index >= 15 is 0 Å². The zero-order valence-electron chi connectivity index (χ0n) is 23.5. The van der Waals surface area contributed by atoms with Crippen LogP contribution in [0.15, 0.2) is 30.5 Å². The van der Waals surface area contributed by atoms with E-state index in [2.05, 4.69) is 49.5 Å². The minimum Gasteiger partial charge on any atom is -0.384 e. The monoisotopic (exact) mass is 562 g/mol. The molecule has 0 unspecified atom stereocenters. The summed E-state index contributed by atoms with van der Waals surface area (Å²) in [5, 5.41) is 6.29. The summed E-state index contributed by atoms with van der Waals surface area (Å²) >= 11 is 0. The smallest absolute Gasteiger partial charge is 0.384 e. The molecule has 0 amide bonds. The first-order valence-corrected chi connectivity index (χ1v) is 14.1. The number of likely N-dealkylation sites (N-methyl/N-ethyl adjacent to an activating group) is 2. The van der Waals surface area contributed by atoms with Crippen molar-refractivity contribution in [2.45, 2.75) is 37.8 Å². The molecule has 4 rings (SSSR count). The minimum atomic E-state index is -4.51. The predicted molar refractivity (Wildman–Crippen MR) is 153 cm³/mol. The van der Waals surface area contributed by atoms with E-state index in [-0.39, 0.29) is 5.69 Å². The van der Waals surface area contributed by atoms with Crippen molar-refractivity contribution < 1.29 is 22.7 Å². The van der Waals surface area contributed by atoms with Crippen molar-refractivity contribution in [3.05, 3.63) is 41.6 Å². The molecule has 0 bridgehead atoms. The van der Waals surface area contributed by atoms with Gasteiger partial charge in [0.25, 0.3) is 0 Å². The van der Waals surface area contributed by atoms with E-state index in [1.54, 1.807) is 0 Å². The molecule has 1 aromatic heterocycles. The Hall–Kier alpha value is -2.89. The van der Waals surface area contributed by atoms with E-state index in [0.717, 1.165) is 57.2 Å². The van der Waals surface area contributed by atoms with E-state index in [0.29, 0.717) is 57.4 Å². The summed E-state index contributed by atoms with van der Waals surface area (Å²) in [6.07, 6.45) is 0.493. The summed E-state index contributed by atoms with van der Waals surface area (Å²) < 4.78 is 46.6. The lowest BCUT2D eigenvalue weighted by Crippen LogP contribution is -2.44. The van der Waals surface area contributed by atoms with Crippen molar-refractivity contribution in [2.24, 2.45) is 0 Å². The van der Waals surface area contributed by atoms with Gasteiger partial charge in [-0.15, -0.1) is 0 Å². The molecule has 0 radical (unpaired) electrons. The predicted octanol–water partition coefficient (Wildman–Crippen LogP) is 4.81. The maximum atomic E-state index is 13.7. The third kappa shape index (κ3) is 8.81. The van der Waals surface area contributed by atoms with Gasteiger partial charge in [0.1, 0.15) is 12.1 Å². The molecule has 40 heavy (non-hydrogen) atoms. The van der Waals surface area contributed by atoms with Crippen LogP contribution in [0.3, 0.4) is 0 Å². The maximum absolute atomic E-state index is 13.7. The van der Waals surface area contributed by atoms with Crippen LogP contribution in [0.25, 0.3) is 0 Å². The van der Waals surface area contributed by atoms with Gasteiger partial charge in [-0.1, -0.05) is 0 Å². The Morgan fingerprint density at radius 1 is 1.10 bits per heavy atom. The molecular formula is C29H41F3N6O2. The van der Waals surface area contributed by atoms with Gasteiger partial charge in [-0.05, 0) is 69.6 Å². The number of ether oxygens (including phenoxy) is 1. The number of hydrogen-bond donors (Lipinski definition) is 2. The van der Waals surface area contributed by atoms with Crippen molar-refractivity contribution in [1.82, 2.24) is 14.8 Å². The number of carbonyl (C=O) groups excluding carboxylic acids is 1. The Kier molecular flexibility index (Phi) is 10.6. The van der Waals surface area contributed by atoms with Crippen LogP contribution in [-0.2, 0) is 15.7 Å². The Labute approximate surface area is 234 Å². The van der Waals surface area contributed by atoms with Crippen molar-refractivity contribution in [3.8, 4) is 0 Å². The number of halogens is 3. The van der Waals surface area contributed by atoms with Gasteiger partial charge in [-0.2, -0.15) is 13.2 Å². The van der Waals surface area contributed by atoms with Crippen LogP contribution in [0.1, 0.15) is 42.7 Å². The molecule has 1 saturated heterocycles. The number of anilines is 4. The summed E-state index contributed by atoms with van der Waals surface area (Å²) in [7, 11) is 4.07. The fourth-order valence-corrected chi connectivity index (χ4v) is 4.83. The second kappa shape index (κ2) is 14.1. The lowest BCUT2D eigenvalue weighted by Gasteiger charge is -2.34. The molecule has 8 nitrogen and oxygen atoms in total. The number of aldehydes is 1. The van der Waals surface area contributed by atoms with Crippen LogP contribution in [-0.4, -0.2) is 94.2 Å². The molecular weight excluding hydrogens is 521 g/mol. The Bertz CT molecular complexity index is 1100. The van der Waals surface area contributed by atoms with Gasteiger partial charge < -0.3 is 34.9 Å². The number of aromatic nitrogens is 1. The fraction of sp³-hybridized carbons (Fsp3) is 0.586. The van der Waals surface area contributed by atoms with E-state index in [1.165, 1.54) is 17.3 Å². The van der Waals surface area contributed by atoms with E-state index < -0.39 is 11.7 Å². The third-order valence-corrected chi connectivity index (χ3v) is 7.42. The molecule has 1 saturated carbocycles. The molecule has 0 atom stereocenters. The highest BCUT2D eigenvalue weighted by Crippen LogP contribution is 2.45. The SMILES string of the molecule is CN(CCCNc1cc(Nc2ccc(N3CCN(C)CC3)cc2C2CC2)ncc1C(F)(F)F)CCOCCC=O. The van der Waals surface area contributed by atoms with Gasteiger partial charge in [0.05, 0.1) is 24.5 Å². The number of pyridine rings is 1. The van der Waals surface area contributed by atoms with E-state index in [4.69, 9.17) is 4.74 Å². The summed E-state index contributed by atoms with van der Waals surface area (Å²) in [5.41, 5.74) is 2.54. The maximum Gasteiger partial charge on any atom is 0.419 e. The van der Waals surface area contributed by atoms with Gasteiger partial charge >= 0.3 is 6.18 Å². The first-order valence-electron chi connectivity index (χ1n) is 14.1. The molecule has 2 aliphatic rings. The summed E-state index contributed by atoms with van der Waals surface area (Å²) in [6.45, 7) is 6.69. The van der Waals surface area contributed by atoms with E-state index in [9.17, 15) is 18.0 Å². The van der Waals surface area contributed by atoms with Gasteiger partial charge in [-0.25, -0.2) is 4.98 Å². The highest BCUT2D eigenvalue weighted by molar-refractivity contribution is 5.70. The molecule has 1 aliphatic heterocycles. The molecule has 220 valence electrons. The van der Waals surface area contributed by atoms with Gasteiger partial charge in [0.15, 0.2) is 0 Å². The largest absolute Gasteiger partial charge is 0.419 e. The number of rotatable bonds is 15. The van der Waals surface area contributed by atoms with Crippen LogP contribution < -0.4 is 15.5 Å². The fourth-order valence-electron chi connectivity index (χ4n) is 4.83. The van der Waals surface area contributed by atoms with Crippen LogP contribution in [0, 0.1) is 0 Å². The zero-order chi connectivity index (χ0) is 28.5. The number of piperazine rings is 1. The molecule has 2 heterocycles. The summed E-state index contributed by atoms with van der Waals surface area (Å²) in [5.74, 6) is 0.851. The Morgan fingerprint density at radius 2 is 1.88 bits per heavy atom. The second-order valence-electron chi connectivity index (χ2n) is 10.7. The van der Waals surface area contributed by atoms with Crippen molar-refractivity contribution >= 4 is 29.2 Å². The Morgan fingerprint density at radius 3 is 2.58 bits per heavy atom. The number of nitrogens with zero attached hydrogens (tertiary/aromatic N) is 4. The van der Waals surface area contributed by atoms with Gasteiger partial charge in [0.2, 0.25) is 0 Å². The molecule has 2 aromatic rings. The minimum absolute atomic E-state index is 0.0203. The number of carbonyl (C=O) groups is 1. The van der Waals surface area contributed by atoms with E-state index in [1.807, 2.05) is 13.1 Å². The quantitative estimate of drug-likeness (QED) is 0.237. The van der Waals surface area contributed by atoms with Crippen molar-refractivity contribution in [3.63, 3.8) is 0 Å². The van der Waals surface area contributed by atoms with Gasteiger partial charge in [0, 0.05) is 69.3 Å². The van der Waals surface area contributed by atoms with Crippen molar-refractivity contribution in [2.75, 3.05) is 88.7 Å². The highest BCUT2D eigenvalue weighted by atomic mass is 19.4. The standard InChI is InChI=1S/C29H41F3N6O2/c1-36(15-18-40-17-4-16-39)10-3-9-33-27-20-28(34-21-25(27)29(30,31)32)35-26-8-7-23(19-24(26)22-5-6-22)38-13-11-37(2)12-14-38/h7-8,16,19-22H,3-6,9-15,17-18H2,1-2H3,(H2,33,34,35). The highest BCUT2D eigenvalue weighted by Gasteiger charge is 2.34. The number of nitrogens with one attached hydrogen (secondary N) is 2. The summed E-state index contributed by atoms with van der Waals surface area (Å²) in [6, 6.07) is 7.82. The number of hydrogen-bond acceptors (Lipinski definition) is 8. The third-order valence-electron chi connectivity index (χ3n) is 7.42. The summed E-state index contributed by atoms with van der Waals surface area (Å²) in [4.78, 5) is 21.2. The van der Waals surface area contributed by atoms with Crippen LogP contribution >= 0.6 is 0 Å². The second-order valence-corrected chi connectivity index (χ2v) is 10.7. The van der Waals surface area contributed by atoms with Crippen LogP contribution in [0.4, 0.5) is 36.1 Å². The molecule has 2 fully saturated rings. The zero-order valence-corrected chi connectivity index (χ0v) is 23.5. The number of alkyl halides is 3. The average molecular weight is 563 g/mol. The molecule has 0 spiro atoms. The molecule has 1 aromatic carbocycles. The number of benzene rings is 1.